The van der Waals surface area contributed by atoms with Crippen LogP contribution in [-0.2, 0) is 0 Å². The summed E-state index contributed by atoms with van der Waals surface area (Å²) in [5.41, 5.74) is 13.1. The molecular weight excluding hydrogens is 278 g/mol. The molecule has 0 atom stereocenters. The average molecular weight is 295 g/mol. The lowest BCUT2D eigenvalue weighted by Gasteiger charge is -2.14. The number of anilines is 2. The third kappa shape index (κ3) is 2.63. The number of ether oxygens (including phenoxy) is 1. The Hall–Kier alpha value is -2.89. The monoisotopic (exact) mass is 295 g/mol. The van der Waals surface area contributed by atoms with Crippen molar-refractivity contribution in [3.8, 4) is 11.5 Å². The molecular formula is C16H17N5O. The summed E-state index contributed by atoms with van der Waals surface area (Å²) in [6.07, 6.45) is 1.47. The molecule has 1 aromatic carbocycles. The summed E-state index contributed by atoms with van der Waals surface area (Å²) >= 11 is 0. The number of para-hydroxylation sites is 1. The number of nitrogens with two attached hydrogens (primary N) is 2. The highest BCUT2D eigenvalue weighted by molar-refractivity contribution is 5.80. The zero-order valence-corrected chi connectivity index (χ0v) is 12.4. The zero-order valence-electron chi connectivity index (χ0n) is 12.4. The molecule has 0 radical (unpaired) electrons. The van der Waals surface area contributed by atoms with Crippen LogP contribution in [0.5, 0.6) is 11.5 Å². The number of fused-ring (bicyclic) bond motifs is 1. The molecule has 0 saturated carbocycles. The predicted molar refractivity (Wildman–Crippen MR) is 86.8 cm³/mol. The summed E-state index contributed by atoms with van der Waals surface area (Å²) in [5.74, 6) is 1.54. The zero-order chi connectivity index (χ0) is 15.7. The number of hydrogen-bond acceptors (Lipinski definition) is 6. The minimum Gasteiger partial charge on any atom is -0.450 e. The number of benzene rings is 1. The van der Waals surface area contributed by atoms with Crippen molar-refractivity contribution in [2.24, 2.45) is 0 Å². The molecule has 0 saturated heterocycles. The Morgan fingerprint density at radius 3 is 2.55 bits per heavy atom. The Balaban J connectivity index is 2.10. The van der Waals surface area contributed by atoms with Gasteiger partial charge in [0, 0.05) is 5.39 Å². The largest absolute Gasteiger partial charge is 0.450 e. The maximum absolute atomic E-state index is 5.90. The van der Waals surface area contributed by atoms with E-state index in [4.69, 9.17) is 16.2 Å². The fourth-order valence-electron chi connectivity index (χ4n) is 2.20. The van der Waals surface area contributed by atoms with Gasteiger partial charge in [0.05, 0.1) is 17.4 Å². The predicted octanol–water partition coefficient (Wildman–Crippen LogP) is 3.10. The van der Waals surface area contributed by atoms with E-state index in [-0.39, 0.29) is 17.7 Å². The van der Waals surface area contributed by atoms with Crippen molar-refractivity contribution in [1.29, 1.82) is 0 Å². The molecule has 2 heterocycles. The lowest BCUT2D eigenvalue weighted by atomic mass is 10.1. The Morgan fingerprint density at radius 1 is 1.05 bits per heavy atom. The highest BCUT2D eigenvalue weighted by Crippen LogP contribution is 2.33. The van der Waals surface area contributed by atoms with Gasteiger partial charge in [0.1, 0.15) is 5.75 Å². The fourth-order valence-corrected chi connectivity index (χ4v) is 2.20. The van der Waals surface area contributed by atoms with E-state index in [0.29, 0.717) is 11.5 Å². The Bertz CT molecular complexity index is 832. The second-order valence-electron chi connectivity index (χ2n) is 5.30. The molecule has 0 amide bonds. The van der Waals surface area contributed by atoms with Gasteiger partial charge in [-0.3, -0.25) is 0 Å². The molecule has 0 unspecified atom stereocenters. The number of aromatic nitrogens is 3. The minimum atomic E-state index is 0.116. The molecule has 112 valence electrons. The molecule has 0 aliphatic heterocycles. The third-order valence-corrected chi connectivity index (χ3v) is 3.29. The number of rotatable bonds is 3. The van der Waals surface area contributed by atoms with Gasteiger partial charge in [0.2, 0.25) is 5.95 Å². The molecule has 6 heteroatoms. The highest BCUT2D eigenvalue weighted by Gasteiger charge is 2.14. The summed E-state index contributed by atoms with van der Waals surface area (Å²) < 4.78 is 5.90. The fraction of sp³-hybridized carbons (Fsp3) is 0.188. The second-order valence-corrected chi connectivity index (χ2v) is 5.30. The standard InChI is InChI=1S/C16H17N5O/c1-9(2)14-12(7-10-5-3-4-6-11(10)20-14)22-13-8-19-16(18)21-15(13)17/h3-9H,1-2H3,(H4,17,18,19,21). The van der Waals surface area contributed by atoms with E-state index in [9.17, 15) is 0 Å². The van der Waals surface area contributed by atoms with Crippen LogP contribution in [0, 0.1) is 0 Å². The van der Waals surface area contributed by atoms with Gasteiger partial charge in [0.25, 0.3) is 0 Å². The van der Waals surface area contributed by atoms with Crippen LogP contribution in [0.4, 0.5) is 11.8 Å². The molecule has 0 aliphatic rings. The van der Waals surface area contributed by atoms with Crippen LogP contribution in [0.25, 0.3) is 10.9 Å². The third-order valence-electron chi connectivity index (χ3n) is 3.29. The van der Waals surface area contributed by atoms with Crippen molar-refractivity contribution in [3.63, 3.8) is 0 Å². The van der Waals surface area contributed by atoms with Crippen LogP contribution in [0.1, 0.15) is 25.5 Å². The maximum atomic E-state index is 5.90. The summed E-state index contributed by atoms with van der Waals surface area (Å²) in [6.45, 7) is 4.12. The Morgan fingerprint density at radius 2 is 1.82 bits per heavy atom. The van der Waals surface area contributed by atoms with E-state index in [2.05, 4.69) is 28.8 Å². The van der Waals surface area contributed by atoms with Gasteiger partial charge in [-0.1, -0.05) is 32.0 Å². The van der Waals surface area contributed by atoms with Gasteiger partial charge in [-0.15, -0.1) is 0 Å². The molecule has 0 bridgehead atoms. The van der Waals surface area contributed by atoms with Gasteiger partial charge >= 0.3 is 0 Å². The first-order valence-electron chi connectivity index (χ1n) is 7.00. The normalized spacial score (nSPS) is 11.0. The summed E-state index contributed by atoms with van der Waals surface area (Å²) in [7, 11) is 0. The van der Waals surface area contributed by atoms with E-state index in [1.165, 1.54) is 6.20 Å². The number of pyridine rings is 1. The van der Waals surface area contributed by atoms with Gasteiger partial charge in [-0.2, -0.15) is 4.98 Å². The molecule has 2 aromatic heterocycles. The van der Waals surface area contributed by atoms with Crippen molar-refractivity contribution >= 4 is 22.7 Å². The molecule has 0 aliphatic carbocycles. The molecule has 3 rings (SSSR count). The topological polar surface area (TPSA) is 99.9 Å². The average Bonchev–Trinajstić information content (AvgIpc) is 2.49. The Kier molecular flexibility index (Phi) is 3.50. The summed E-state index contributed by atoms with van der Waals surface area (Å²) in [4.78, 5) is 12.5. The molecule has 6 nitrogen and oxygen atoms in total. The van der Waals surface area contributed by atoms with E-state index < -0.39 is 0 Å². The molecule has 0 fully saturated rings. The summed E-state index contributed by atoms with van der Waals surface area (Å²) in [6, 6.07) is 9.84. The molecule has 0 spiro atoms. The van der Waals surface area contributed by atoms with Gasteiger partial charge < -0.3 is 16.2 Å². The van der Waals surface area contributed by atoms with Gasteiger partial charge in [-0.25, -0.2) is 9.97 Å². The SMILES string of the molecule is CC(C)c1nc2ccccc2cc1Oc1cnc(N)nc1N. The van der Waals surface area contributed by atoms with Crippen molar-refractivity contribution in [2.75, 3.05) is 11.5 Å². The lowest BCUT2D eigenvalue weighted by Crippen LogP contribution is -2.03. The van der Waals surface area contributed by atoms with Crippen molar-refractivity contribution in [1.82, 2.24) is 15.0 Å². The molecule has 3 aromatic rings. The van der Waals surface area contributed by atoms with Crippen LogP contribution < -0.4 is 16.2 Å². The van der Waals surface area contributed by atoms with Crippen molar-refractivity contribution in [2.45, 2.75) is 19.8 Å². The number of nitrogens with zero attached hydrogens (tertiary/aromatic N) is 3. The van der Waals surface area contributed by atoms with Gasteiger partial charge in [-0.05, 0) is 18.1 Å². The van der Waals surface area contributed by atoms with E-state index in [1.807, 2.05) is 30.3 Å². The summed E-state index contributed by atoms with van der Waals surface area (Å²) in [5, 5.41) is 0.997. The first kappa shape index (κ1) is 14.1. The van der Waals surface area contributed by atoms with Crippen LogP contribution >= 0.6 is 0 Å². The van der Waals surface area contributed by atoms with Crippen LogP contribution in [0.15, 0.2) is 36.5 Å². The quantitative estimate of drug-likeness (QED) is 0.770. The molecule has 22 heavy (non-hydrogen) atoms. The van der Waals surface area contributed by atoms with E-state index in [0.717, 1.165) is 16.6 Å². The second kappa shape index (κ2) is 5.48. The number of hydrogen-bond donors (Lipinski definition) is 2. The Labute approximate surface area is 128 Å². The van der Waals surface area contributed by atoms with Crippen molar-refractivity contribution in [3.05, 3.63) is 42.2 Å². The van der Waals surface area contributed by atoms with Crippen LogP contribution in [0.2, 0.25) is 0 Å². The van der Waals surface area contributed by atoms with Crippen LogP contribution in [0.3, 0.4) is 0 Å². The highest BCUT2D eigenvalue weighted by atomic mass is 16.5. The van der Waals surface area contributed by atoms with E-state index in [1.54, 1.807) is 0 Å². The minimum absolute atomic E-state index is 0.116. The van der Waals surface area contributed by atoms with Gasteiger partial charge in [0.15, 0.2) is 11.6 Å². The first-order chi connectivity index (χ1) is 10.5. The lowest BCUT2D eigenvalue weighted by molar-refractivity contribution is 0.468. The van der Waals surface area contributed by atoms with Crippen molar-refractivity contribution < 1.29 is 4.74 Å². The first-order valence-corrected chi connectivity index (χ1v) is 7.00. The smallest absolute Gasteiger partial charge is 0.222 e. The maximum Gasteiger partial charge on any atom is 0.222 e. The molecule has 4 N–H and O–H groups in total. The number of nitrogen functional groups attached to an aromatic ring is 2. The van der Waals surface area contributed by atoms with Crippen LogP contribution in [-0.4, -0.2) is 15.0 Å². The van der Waals surface area contributed by atoms with E-state index >= 15 is 0 Å².